The molecule has 0 radical (unpaired) electrons. The van der Waals surface area contributed by atoms with Crippen LogP contribution in [0.4, 0.5) is 0 Å². The van der Waals surface area contributed by atoms with Gasteiger partial charge in [-0.3, -0.25) is 4.98 Å². The molecule has 2 heterocycles. The second kappa shape index (κ2) is 4.48. The molecule has 2 rings (SSSR count). The summed E-state index contributed by atoms with van der Waals surface area (Å²) in [6.07, 6.45) is 0.601. The summed E-state index contributed by atoms with van der Waals surface area (Å²) in [5.41, 5.74) is 1.05. The summed E-state index contributed by atoms with van der Waals surface area (Å²) < 4.78 is 1.99. The Balaban J connectivity index is 2.39. The van der Waals surface area contributed by atoms with Crippen LogP contribution in [0.3, 0.4) is 0 Å². The topological polar surface area (TPSA) is 63.8 Å². The van der Waals surface area contributed by atoms with Crippen molar-refractivity contribution in [1.82, 2.24) is 20.0 Å². The van der Waals surface area contributed by atoms with Crippen molar-refractivity contribution in [3.05, 3.63) is 39.3 Å². The molecule has 0 amide bonds. The van der Waals surface area contributed by atoms with Crippen LogP contribution in [0.2, 0.25) is 5.02 Å². The normalized spacial score (nSPS) is 12.8. The van der Waals surface area contributed by atoms with Crippen LogP contribution in [-0.4, -0.2) is 25.1 Å². The molecule has 0 spiro atoms. The highest BCUT2D eigenvalue weighted by Crippen LogP contribution is 2.25. The van der Waals surface area contributed by atoms with Gasteiger partial charge in [-0.15, -0.1) is 5.10 Å². The van der Waals surface area contributed by atoms with Crippen molar-refractivity contribution in [2.45, 2.75) is 6.10 Å². The van der Waals surface area contributed by atoms with Gasteiger partial charge in [-0.05, 0) is 28.1 Å². The molecule has 0 aliphatic carbocycles. The molecular formula is C9H8BrClN4O. The van der Waals surface area contributed by atoms with Crippen molar-refractivity contribution >= 4 is 27.5 Å². The molecule has 0 bridgehead atoms. The Hall–Kier alpha value is -0.980. The van der Waals surface area contributed by atoms with Crippen molar-refractivity contribution in [3.8, 4) is 0 Å². The molecule has 0 aromatic carbocycles. The number of nitrogens with zero attached hydrogens (tertiary/aromatic N) is 4. The zero-order valence-electron chi connectivity index (χ0n) is 8.30. The molecule has 0 fully saturated rings. The largest absolute Gasteiger partial charge is 0.380 e. The van der Waals surface area contributed by atoms with Crippen LogP contribution in [0.15, 0.2) is 22.9 Å². The summed E-state index contributed by atoms with van der Waals surface area (Å²) in [5.74, 6) is 0. The molecule has 7 heteroatoms. The quantitative estimate of drug-likeness (QED) is 0.917. The van der Waals surface area contributed by atoms with Crippen molar-refractivity contribution in [1.29, 1.82) is 0 Å². The first-order chi connectivity index (χ1) is 7.59. The van der Waals surface area contributed by atoms with Gasteiger partial charge in [0.05, 0.1) is 10.7 Å². The molecule has 2 aromatic heterocycles. The highest BCUT2D eigenvalue weighted by Gasteiger charge is 2.20. The Labute approximate surface area is 105 Å². The average molecular weight is 304 g/mol. The molecule has 2 aromatic rings. The van der Waals surface area contributed by atoms with E-state index in [-0.39, 0.29) is 0 Å². The third kappa shape index (κ3) is 2.09. The lowest BCUT2D eigenvalue weighted by Crippen LogP contribution is -2.08. The first kappa shape index (κ1) is 11.5. The van der Waals surface area contributed by atoms with Crippen molar-refractivity contribution in [2.75, 3.05) is 0 Å². The van der Waals surface area contributed by atoms with Gasteiger partial charge in [0, 0.05) is 13.2 Å². The van der Waals surface area contributed by atoms with Crippen LogP contribution in [0.25, 0.3) is 0 Å². The number of aliphatic hydroxyl groups excluding tert-OH is 1. The smallest absolute Gasteiger partial charge is 0.154 e. The summed E-state index contributed by atoms with van der Waals surface area (Å²) in [4.78, 5) is 4.04. The SMILES string of the molecule is Cn1nnc(Br)c1C(O)c1ccc(Cl)cn1. The molecule has 0 aliphatic rings. The summed E-state index contributed by atoms with van der Waals surface area (Å²) in [6.45, 7) is 0. The van der Waals surface area contributed by atoms with E-state index in [0.717, 1.165) is 0 Å². The summed E-state index contributed by atoms with van der Waals surface area (Å²) in [5, 5.41) is 18.2. The first-order valence-corrected chi connectivity index (χ1v) is 5.61. The van der Waals surface area contributed by atoms with E-state index >= 15 is 0 Å². The van der Waals surface area contributed by atoms with E-state index in [0.29, 0.717) is 21.0 Å². The summed E-state index contributed by atoms with van der Waals surface area (Å²) >= 11 is 8.94. The van der Waals surface area contributed by atoms with Crippen molar-refractivity contribution < 1.29 is 5.11 Å². The average Bonchev–Trinajstić information content (AvgIpc) is 2.59. The predicted octanol–water partition coefficient (Wildman–Crippen LogP) is 1.71. The molecule has 84 valence electrons. The van der Waals surface area contributed by atoms with Crippen LogP contribution < -0.4 is 0 Å². The Kier molecular flexibility index (Phi) is 3.22. The standard InChI is InChI=1S/C9H8BrClN4O/c1-15-7(9(10)13-14-15)8(16)6-3-2-5(11)4-12-6/h2-4,8,16H,1H3. The Morgan fingerprint density at radius 2 is 2.25 bits per heavy atom. The Bertz CT molecular complexity index is 479. The number of halogens is 2. The third-order valence-electron chi connectivity index (χ3n) is 2.12. The number of aromatic nitrogens is 4. The van der Waals surface area contributed by atoms with Gasteiger partial charge in [0.15, 0.2) is 4.60 Å². The van der Waals surface area contributed by atoms with Crippen molar-refractivity contribution in [3.63, 3.8) is 0 Å². The fourth-order valence-corrected chi connectivity index (χ4v) is 1.97. The van der Waals surface area contributed by atoms with Crippen LogP contribution in [0.1, 0.15) is 17.5 Å². The predicted molar refractivity (Wildman–Crippen MR) is 62.0 cm³/mol. The molecule has 5 nitrogen and oxygen atoms in total. The van der Waals surface area contributed by atoms with E-state index in [1.165, 1.54) is 10.9 Å². The zero-order valence-corrected chi connectivity index (χ0v) is 10.6. The Morgan fingerprint density at radius 1 is 1.50 bits per heavy atom. The second-order valence-corrected chi connectivity index (χ2v) is 4.38. The van der Waals surface area contributed by atoms with Gasteiger partial charge in [0.2, 0.25) is 0 Å². The number of pyridine rings is 1. The van der Waals surface area contributed by atoms with E-state index in [1.54, 1.807) is 19.2 Å². The molecule has 1 N–H and O–H groups in total. The lowest BCUT2D eigenvalue weighted by atomic mass is 10.2. The zero-order chi connectivity index (χ0) is 11.7. The third-order valence-corrected chi connectivity index (χ3v) is 2.90. The number of hydrogen-bond acceptors (Lipinski definition) is 4. The number of hydrogen-bond donors (Lipinski definition) is 1. The van der Waals surface area contributed by atoms with Crippen LogP contribution >= 0.6 is 27.5 Å². The molecule has 1 unspecified atom stereocenters. The molecule has 1 atom stereocenters. The maximum atomic E-state index is 10.1. The lowest BCUT2D eigenvalue weighted by Gasteiger charge is -2.10. The van der Waals surface area contributed by atoms with Gasteiger partial charge < -0.3 is 5.11 Å². The van der Waals surface area contributed by atoms with Gasteiger partial charge >= 0.3 is 0 Å². The van der Waals surface area contributed by atoms with E-state index in [9.17, 15) is 5.11 Å². The van der Waals surface area contributed by atoms with Crippen molar-refractivity contribution in [2.24, 2.45) is 7.05 Å². The van der Waals surface area contributed by atoms with E-state index in [2.05, 4.69) is 31.2 Å². The maximum Gasteiger partial charge on any atom is 0.154 e. The number of aryl methyl sites for hydroxylation is 1. The van der Waals surface area contributed by atoms with E-state index in [4.69, 9.17) is 11.6 Å². The number of aliphatic hydroxyl groups is 1. The lowest BCUT2D eigenvalue weighted by molar-refractivity contribution is 0.204. The maximum absolute atomic E-state index is 10.1. The summed E-state index contributed by atoms with van der Waals surface area (Å²) in [6, 6.07) is 3.33. The first-order valence-electron chi connectivity index (χ1n) is 4.44. The van der Waals surface area contributed by atoms with Crippen LogP contribution in [0, 0.1) is 0 Å². The molecule has 0 saturated heterocycles. The minimum Gasteiger partial charge on any atom is -0.380 e. The van der Waals surface area contributed by atoms with Gasteiger partial charge in [0.1, 0.15) is 11.8 Å². The monoisotopic (exact) mass is 302 g/mol. The van der Waals surface area contributed by atoms with Crippen LogP contribution in [-0.2, 0) is 7.05 Å². The highest BCUT2D eigenvalue weighted by atomic mass is 79.9. The summed E-state index contributed by atoms with van der Waals surface area (Å²) in [7, 11) is 1.70. The molecule has 0 aliphatic heterocycles. The molecule has 16 heavy (non-hydrogen) atoms. The fourth-order valence-electron chi connectivity index (χ4n) is 1.32. The Morgan fingerprint density at radius 3 is 2.75 bits per heavy atom. The highest BCUT2D eigenvalue weighted by molar-refractivity contribution is 9.10. The van der Waals surface area contributed by atoms with Crippen LogP contribution in [0.5, 0.6) is 0 Å². The van der Waals surface area contributed by atoms with Gasteiger partial charge in [-0.1, -0.05) is 16.8 Å². The minimum atomic E-state index is -0.883. The fraction of sp³-hybridized carbons (Fsp3) is 0.222. The van der Waals surface area contributed by atoms with Gasteiger partial charge in [-0.25, -0.2) is 4.68 Å². The van der Waals surface area contributed by atoms with Gasteiger partial charge in [-0.2, -0.15) is 0 Å². The van der Waals surface area contributed by atoms with E-state index in [1.807, 2.05) is 0 Å². The minimum absolute atomic E-state index is 0.496. The second-order valence-electron chi connectivity index (χ2n) is 3.19. The molecule has 0 saturated carbocycles. The van der Waals surface area contributed by atoms with Gasteiger partial charge in [0.25, 0.3) is 0 Å². The molecular weight excluding hydrogens is 295 g/mol. The number of rotatable bonds is 2. The van der Waals surface area contributed by atoms with E-state index < -0.39 is 6.10 Å².